The van der Waals surface area contributed by atoms with E-state index in [2.05, 4.69) is 106 Å². The predicted molar refractivity (Wildman–Crippen MR) is 142 cm³/mol. The minimum atomic E-state index is 0.0410. The summed E-state index contributed by atoms with van der Waals surface area (Å²) in [5.41, 5.74) is 11.4. The third kappa shape index (κ3) is 3.29. The van der Waals surface area contributed by atoms with Gasteiger partial charge in [-0.05, 0) is 77.1 Å². The van der Waals surface area contributed by atoms with Gasteiger partial charge in [0.1, 0.15) is 0 Å². The molecule has 3 aromatic rings. The molecule has 0 atom stereocenters. The molecule has 0 spiro atoms. The molecule has 3 aliphatic carbocycles. The normalized spacial score (nSPS) is 19.8. The number of rotatable bonds is 2. The average Bonchev–Trinajstić information content (AvgIpc) is 2.82. The zero-order chi connectivity index (χ0) is 22.8. The summed E-state index contributed by atoms with van der Waals surface area (Å²) in [4.78, 5) is 0. The summed E-state index contributed by atoms with van der Waals surface area (Å²) < 4.78 is 0. The van der Waals surface area contributed by atoms with Gasteiger partial charge in [-0.25, -0.2) is 0 Å². The van der Waals surface area contributed by atoms with Crippen LogP contribution in [-0.2, 0) is 17.3 Å². The smallest absolute Gasteiger partial charge is 0.0464 e. The highest BCUT2D eigenvalue weighted by Crippen LogP contribution is 2.44. The van der Waals surface area contributed by atoms with E-state index >= 15 is 0 Å². The van der Waals surface area contributed by atoms with Crippen LogP contribution in [0.3, 0.4) is 0 Å². The maximum Gasteiger partial charge on any atom is 0.0464 e. The van der Waals surface area contributed by atoms with Crippen LogP contribution in [0.5, 0.6) is 0 Å². The number of nitrogens with one attached hydrogen (secondary N) is 1. The van der Waals surface area contributed by atoms with Crippen LogP contribution in [0.25, 0.3) is 16.3 Å². The van der Waals surface area contributed by atoms with Crippen LogP contribution < -0.4 is 5.32 Å². The first kappa shape index (κ1) is 20.5. The molecule has 0 aliphatic heterocycles. The number of benzene rings is 3. The highest BCUT2D eigenvalue weighted by Gasteiger charge is 2.32. The Morgan fingerprint density at radius 3 is 2.42 bits per heavy atom. The zero-order valence-corrected chi connectivity index (χ0v) is 20.3. The molecule has 0 heterocycles. The van der Waals surface area contributed by atoms with Crippen molar-refractivity contribution in [3.8, 4) is 0 Å². The fourth-order valence-electron chi connectivity index (χ4n) is 6.05. The maximum atomic E-state index is 3.78. The number of hydrogen-bond donors (Lipinski definition) is 1. The first-order chi connectivity index (χ1) is 15.8. The van der Waals surface area contributed by atoms with Crippen molar-refractivity contribution in [3.05, 3.63) is 101 Å². The van der Waals surface area contributed by atoms with E-state index in [-0.39, 0.29) is 10.8 Å². The van der Waals surface area contributed by atoms with E-state index in [0.717, 1.165) is 6.42 Å². The van der Waals surface area contributed by atoms with Gasteiger partial charge in [-0.1, -0.05) is 87.9 Å². The molecule has 0 saturated carbocycles. The Bertz CT molecular complexity index is 1380. The molecule has 0 saturated heterocycles. The second-order valence-corrected chi connectivity index (χ2v) is 11.1. The van der Waals surface area contributed by atoms with Gasteiger partial charge in [-0.2, -0.15) is 0 Å². The fraction of sp³-hybridized carbons (Fsp3) is 0.312. The molecular formula is C32H33N. The third-order valence-electron chi connectivity index (χ3n) is 8.02. The summed E-state index contributed by atoms with van der Waals surface area (Å²) >= 11 is 0. The Labute approximate surface area is 197 Å². The SMILES string of the molecule is CC1(C)C=CC(C)(C)c2cc(Nc3cccc4c5c(ccc34)C3=C(CCC=C3)CC5)ccc21. The van der Waals surface area contributed by atoms with Gasteiger partial charge in [-0.15, -0.1) is 0 Å². The van der Waals surface area contributed by atoms with Gasteiger partial charge in [0.15, 0.2) is 0 Å². The lowest BCUT2D eigenvalue weighted by molar-refractivity contribution is 0.564. The second-order valence-electron chi connectivity index (χ2n) is 11.1. The summed E-state index contributed by atoms with van der Waals surface area (Å²) in [5, 5.41) is 6.49. The predicted octanol–water partition coefficient (Wildman–Crippen LogP) is 8.76. The fourth-order valence-corrected chi connectivity index (χ4v) is 6.05. The van der Waals surface area contributed by atoms with Crippen molar-refractivity contribution in [3.63, 3.8) is 0 Å². The lowest BCUT2D eigenvalue weighted by Gasteiger charge is -2.37. The Hall–Kier alpha value is -3.06. The largest absolute Gasteiger partial charge is 0.355 e. The van der Waals surface area contributed by atoms with E-state index in [9.17, 15) is 0 Å². The first-order valence-electron chi connectivity index (χ1n) is 12.4. The van der Waals surface area contributed by atoms with E-state index in [1.807, 2.05) is 0 Å². The molecule has 0 aromatic heterocycles. The van der Waals surface area contributed by atoms with Crippen LogP contribution in [0.4, 0.5) is 11.4 Å². The summed E-state index contributed by atoms with van der Waals surface area (Å²) in [6.07, 6.45) is 14.2. The van der Waals surface area contributed by atoms with Crippen LogP contribution in [-0.4, -0.2) is 0 Å². The Morgan fingerprint density at radius 2 is 1.58 bits per heavy atom. The van der Waals surface area contributed by atoms with Crippen molar-refractivity contribution in [1.29, 1.82) is 0 Å². The van der Waals surface area contributed by atoms with Gasteiger partial charge in [0.25, 0.3) is 0 Å². The Morgan fingerprint density at radius 1 is 0.758 bits per heavy atom. The van der Waals surface area contributed by atoms with Gasteiger partial charge >= 0.3 is 0 Å². The molecular weight excluding hydrogens is 398 g/mol. The van der Waals surface area contributed by atoms with Crippen LogP contribution in [0.2, 0.25) is 0 Å². The molecule has 166 valence electrons. The second kappa shape index (κ2) is 7.22. The van der Waals surface area contributed by atoms with E-state index in [1.54, 1.807) is 5.57 Å². The van der Waals surface area contributed by atoms with Crippen molar-refractivity contribution >= 4 is 27.7 Å². The van der Waals surface area contributed by atoms with Gasteiger partial charge in [0.2, 0.25) is 0 Å². The standard InChI is InChI=1S/C32H33N/c1-31(2)18-19-32(3,4)29-20-22(13-17-28(29)31)33-30-11-7-10-24-26-14-12-21-8-5-6-9-23(21)25(26)15-16-27(24)30/h6-7,9-11,13,15-20,33H,5,8,12,14H2,1-4H3. The first-order valence-corrected chi connectivity index (χ1v) is 12.4. The summed E-state index contributed by atoms with van der Waals surface area (Å²) in [5.74, 6) is 0. The topological polar surface area (TPSA) is 12.0 Å². The van der Waals surface area contributed by atoms with Crippen molar-refractivity contribution in [2.24, 2.45) is 0 Å². The molecule has 0 radical (unpaired) electrons. The molecule has 0 amide bonds. The average molecular weight is 432 g/mol. The van der Waals surface area contributed by atoms with Crippen molar-refractivity contribution in [1.82, 2.24) is 0 Å². The van der Waals surface area contributed by atoms with Crippen LogP contribution >= 0.6 is 0 Å². The van der Waals surface area contributed by atoms with E-state index in [4.69, 9.17) is 0 Å². The van der Waals surface area contributed by atoms with Gasteiger partial charge in [-0.3, -0.25) is 0 Å². The number of fused-ring (bicyclic) bond motifs is 5. The highest BCUT2D eigenvalue weighted by atomic mass is 14.9. The summed E-state index contributed by atoms with van der Waals surface area (Å²) in [6, 6.07) is 18.3. The van der Waals surface area contributed by atoms with Crippen molar-refractivity contribution < 1.29 is 0 Å². The minimum absolute atomic E-state index is 0.0410. The number of aryl methyl sites for hydroxylation is 1. The van der Waals surface area contributed by atoms with E-state index in [1.165, 1.54) is 69.2 Å². The molecule has 3 aliphatic rings. The number of allylic oxidation sites excluding steroid dienone is 6. The van der Waals surface area contributed by atoms with Gasteiger partial charge < -0.3 is 5.32 Å². The molecule has 1 heteroatoms. The Kier molecular flexibility index (Phi) is 4.49. The van der Waals surface area contributed by atoms with E-state index in [0.29, 0.717) is 0 Å². The van der Waals surface area contributed by atoms with Gasteiger partial charge in [0.05, 0.1) is 0 Å². The highest BCUT2D eigenvalue weighted by molar-refractivity contribution is 6.01. The Balaban J connectivity index is 1.42. The lowest BCUT2D eigenvalue weighted by Crippen LogP contribution is -2.28. The molecule has 0 unspecified atom stereocenters. The van der Waals surface area contributed by atoms with Crippen molar-refractivity contribution in [2.75, 3.05) is 5.32 Å². The monoisotopic (exact) mass is 431 g/mol. The molecule has 1 nitrogen and oxygen atoms in total. The third-order valence-corrected chi connectivity index (χ3v) is 8.02. The lowest BCUT2D eigenvalue weighted by atomic mass is 9.68. The summed E-state index contributed by atoms with van der Waals surface area (Å²) in [7, 11) is 0. The minimum Gasteiger partial charge on any atom is -0.355 e. The molecule has 3 aromatic carbocycles. The zero-order valence-electron chi connectivity index (χ0n) is 20.3. The molecule has 0 bridgehead atoms. The molecule has 33 heavy (non-hydrogen) atoms. The molecule has 1 N–H and O–H groups in total. The summed E-state index contributed by atoms with van der Waals surface area (Å²) in [6.45, 7) is 9.24. The molecule has 6 rings (SSSR count). The molecule has 0 fully saturated rings. The quantitative estimate of drug-likeness (QED) is 0.400. The maximum absolute atomic E-state index is 3.78. The van der Waals surface area contributed by atoms with Gasteiger partial charge in [0, 0.05) is 27.6 Å². The number of anilines is 2. The van der Waals surface area contributed by atoms with Crippen LogP contribution in [0.15, 0.2) is 78.4 Å². The van der Waals surface area contributed by atoms with Crippen molar-refractivity contribution in [2.45, 2.75) is 64.2 Å². The number of hydrogen-bond acceptors (Lipinski definition) is 1. The van der Waals surface area contributed by atoms with Crippen LogP contribution in [0.1, 0.15) is 69.2 Å². The van der Waals surface area contributed by atoms with E-state index < -0.39 is 0 Å². The van der Waals surface area contributed by atoms with Crippen LogP contribution in [0, 0.1) is 0 Å².